The third-order valence-electron chi connectivity index (χ3n) is 3.19. The summed E-state index contributed by atoms with van der Waals surface area (Å²) in [5.41, 5.74) is 2.14. The third kappa shape index (κ3) is 4.42. The molecule has 0 saturated heterocycles. The van der Waals surface area contributed by atoms with Crippen molar-refractivity contribution >= 4 is 23.4 Å². The number of nitrogens with one attached hydrogen (secondary N) is 1. The maximum Gasteiger partial charge on any atom is 0.266 e. The minimum Gasteiger partial charge on any atom is -0.378 e. The largest absolute Gasteiger partial charge is 0.378 e. The number of benzene rings is 2. The molecule has 2 aromatic rings. The number of nitrogens with zero attached hydrogens (tertiary/aromatic N) is 2. The van der Waals surface area contributed by atoms with Crippen LogP contribution in [-0.2, 0) is 4.79 Å². The monoisotopic (exact) mass is 309 g/mol. The van der Waals surface area contributed by atoms with Crippen molar-refractivity contribution in [1.29, 1.82) is 5.26 Å². The fraction of sp³-hybridized carbons (Fsp3) is 0.111. The number of anilines is 2. The van der Waals surface area contributed by atoms with Crippen LogP contribution in [0.1, 0.15) is 5.56 Å². The Balaban J connectivity index is 2.14. The summed E-state index contributed by atoms with van der Waals surface area (Å²) in [6.07, 6.45) is 1.42. The lowest BCUT2D eigenvalue weighted by molar-refractivity contribution is -0.112. The zero-order valence-electron chi connectivity index (χ0n) is 12.9. The van der Waals surface area contributed by atoms with E-state index in [1.165, 1.54) is 30.3 Å². The van der Waals surface area contributed by atoms with Gasteiger partial charge in [0.05, 0.1) is 0 Å². The van der Waals surface area contributed by atoms with E-state index in [1.807, 2.05) is 37.2 Å². The number of amides is 1. The van der Waals surface area contributed by atoms with Gasteiger partial charge in [-0.15, -0.1) is 0 Å². The standard InChI is InChI=1S/C18H16FN3O/c1-22(2)17-9-7-16(8-10-17)21-18(23)14(12-20)11-13-3-5-15(19)6-4-13/h3-11H,1-2H3,(H,21,23)/b14-11-. The highest BCUT2D eigenvalue weighted by Crippen LogP contribution is 2.17. The molecule has 0 fully saturated rings. The maximum absolute atomic E-state index is 12.9. The molecule has 0 spiro atoms. The molecule has 0 bridgehead atoms. The molecule has 0 heterocycles. The second-order valence-corrected chi connectivity index (χ2v) is 5.12. The number of nitriles is 1. The first-order valence-electron chi connectivity index (χ1n) is 6.95. The van der Waals surface area contributed by atoms with E-state index in [0.29, 0.717) is 11.3 Å². The highest BCUT2D eigenvalue weighted by atomic mass is 19.1. The molecule has 0 aromatic heterocycles. The van der Waals surface area contributed by atoms with Crippen LogP contribution in [0.2, 0.25) is 0 Å². The molecule has 5 heteroatoms. The van der Waals surface area contributed by atoms with Gasteiger partial charge in [-0.2, -0.15) is 5.26 Å². The molecule has 1 amide bonds. The van der Waals surface area contributed by atoms with Crippen molar-refractivity contribution in [3.8, 4) is 6.07 Å². The van der Waals surface area contributed by atoms with E-state index in [0.717, 1.165) is 5.69 Å². The number of hydrogen-bond acceptors (Lipinski definition) is 3. The molecule has 23 heavy (non-hydrogen) atoms. The summed E-state index contributed by atoms with van der Waals surface area (Å²) in [5, 5.41) is 11.8. The lowest BCUT2D eigenvalue weighted by atomic mass is 10.1. The highest BCUT2D eigenvalue weighted by molar-refractivity contribution is 6.09. The van der Waals surface area contributed by atoms with E-state index in [4.69, 9.17) is 5.26 Å². The summed E-state index contributed by atoms with van der Waals surface area (Å²) in [4.78, 5) is 14.1. The SMILES string of the molecule is CN(C)c1ccc(NC(=O)/C(C#N)=C\c2ccc(F)cc2)cc1. The maximum atomic E-state index is 12.9. The minimum atomic E-state index is -0.505. The molecule has 116 valence electrons. The first-order chi connectivity index (χ1) is 11.0. The van der Waals surface area contributed by atoms with Gasteiger partial charge in [0.25, 0.3) is 5.91 Å². The van der Waals surface area contributed by atoms with Gasteiger partial charge in [0, 0.05) is 25.5 Å². The fourth-order valence-corrected chi connectivity index (χ4v) is 1.92. The van der Waals surface area contributed by atoms with Crippen molar-refractivity contribution in [3.05, 3.63) is 65.5 Å². The van der Waals surface area contributed by atoms with Crippen molar-refractivity contribution in [3.63, 3.8) is 0 Å². The average Bonchev–Trinajstić information content (AvgIpc) is 2.54. The lowest BCUT2D eigenvalue weighted by Gasteiger charge is -2.12. The molecule has 0 saturated carbocycles. The van der Waals surface area contributed by atoms with Crippen LogP contribution < -0.4 is 10.2 Å². The highest BCUT2D eigenvalue weighted by Gasteiger charge is 2.09. The van der Waals surface area contributed by atoms with Crippen molar-refractivity contribution in [1.82, 2.24) is 0 Å². The fourth-order valence-electron chi connectivity index (χ4n) is 1.92. The van der Waals surface area contributed by atoms with Crippen molar-refractivity contribution in [2.45, 2.75) is 0 Å². The van der Waals surface area contributed by atoms with E-state index in [2.05, 4.69) is 5.32 Å². The summed E-state index contributed by atoms with van der Waals surface area (Å²) in [5.74, 6) is -0.875. The molecule has 2 aromatic carbocycles. The molecule has 0 radical (unpaired) electrons. The number of halogens is 1. The summed E-state index contributed by atoms with van der Waals surface area (Å²) in [7, 11) is 3.85. The Labute approximate surface area is 134 Å². The lowest BCUT2D eigenvalue weighted by Crippen LogP contribution is -2.14. The van der Waals surface area contributed by atoms with Crippen molar-refractivity contribution < 1.29 is 9.18 Å². The quantitative estimate of drug-likeness (QED) is 0.695. The Kier molecular flexibility index (Phi) is 5.11. The normalized spacial score (nSPS) is 10.8. The summed E-state index contributed by atoms with van der Waals surface area (Å²) in [6.45, 7) is 0. The van der Waals surface area contributed by atoms with E-state index in [1.54, 1.807) is 12.1 Å². The first kappa shape index (κ1) is 16.2. The number of rotatable bonds is 4. The third-order valence-corrected chi connectivity index (χ3v) is 3.19. The van der Waals surface area contributed by atoms with Crippen LogP contribution in [0.15, 0.2) is 54.1 Å². The Hall–Kier alpha value is -3.13. The second kappa shape index (κ2) is 7.23. The molecule has 4 nitrogen and oxygen atoms in total. The summed E-state index contributed by atoms with van der Waals surface area (Å²) < 4.78 is 12.9. The van der Waals surface area contributed by atoms with Gasteiger partial charge in [-0.3, -0.25) is 4.79 Å². The van der Waals surface area contributed by atoms with Crippen molar-refractivity contribution in [2.24, 2.45) is 0 Å². The van der Waals surface area contributed by atoms with Gasteiger partial charge in [0.15, 0.2) is 0 Å². The van der Waals surface area contributed by atoms with Gasteiger partial charge in [0.1, 0.15) is 17.5 Å². The molecule has 0 unspecified atom stereocenters. The number of hydrogen-bond donors (Lipinski definition) is 1. The molecule has 0 aliphatic carbocycles. The van der Waals surface area contributed by atoms with E-state index < -0.39 is 5.91 Å². The molecule has 0 aliphatic rings. The smallest absolute Gasteiger partial charge is 0.266 e. The Morgan fingerprint density at radius 1 is 1.13 bits per heavy atom. The van der Waals surface area contributed by atoms with Crippen LogP contribution in [0, 0.1) is 17.1 Å². The predicted octanol–water partition coefficient (Wildman–Crippen LogP) is 3.44. The van der Waals surface area contributed by atoms with E-state index >= 15 is 0 Å². The van der Waals surface area contributed by atoms with Crippen molar-refractivity contribution in [2.75, 3.05) is 24.3 Å². The van der Waals surface area contributed by atoms with Gasteiger partial charge >= 0.3 is 0 Å². The Morgan fingerprint density at radius 3 is 2.26 bits per heavy atom. The minimum absolute atomic E-state index is 0.0479. The Morgan fingerprint density at radius 2 is 1.74 bits per heavy atom. The zero-order valence-corrected chi connectivity index (χ0v) is 12.9. The van der Waals surface area contributed by atoms with Gasteiger partial charge in [-0.25, -0.2) is 4.39 Å². The second-order valence-electron chi connectivity index (χ2n) is 5.12. The predicted molar refractivity (Wildman–Crippen MR) is 89.4 cm³/mol. The van der Waals surface area contributed by atoms with E-state index in [-0.39, 0.29) is 11.4 Å². The van der Waals surface area contributed by atoms with Crippen LogP contribution in [0.4, 0.5) is 15.8 Å². The van der Waals surface area contributed by atoms with Gasteiger partial charge in [-0.1, -0.05) is 12.1 Å². The number of carbonyl (C=O) groups excluding carboxylic acids is 1. The molecule has 0 atom stereocenters. The molecule has 1 N–H and O–H groups in total. The molecular weight excluding hydrogens is 293 g/mol. The summed E-state index contributed by atoms with van der Waals surface area (Å²) >= 11 is 0. The van der Waals surface area contributed by atoms with Gasteiger partial charge in [-0.05, 0) is 48.0 Å². The summed E-state index contributed by atoms with van der Waals surface area (Å²) in [6, 6.07) is 14.7. The van der Waals surface area contributed by atoms with Gasteiger partial charge < -0.3 is 10.2 Å². The molecule has 0 aliphatic heterocycles. The molecule has 2 rings (SSSR count). The van der Waals surface area contributed by atoms with Crippen LogP contribution in [0.5, 0.6) is 0 Å². The average molecular weight is 309 g/mol. The van der Waals surface area contributed by atoms with Gasteiger partial charge in [0.2, 0.25) is 0 Å². The Bertz CT molecular complexity index is 756. The van der Waals surface area contributed by atoms with E-state index in [9.17, 15) is 9.18 Å². The van der Waals surface area contributed by atoms with Crippen LogP contribution in [0.3, 0.4) is 0 Å². The van der Waals surface area contributed by atoms with Crippen LogP contribution in [-0.4, -0.2) is 20.0 Å². The zero-order chi connectivity index (χ0) is 16.8. The molecular formula is C18H16FN3O. The first-order valence-corrected chi connectivity index (χ1v) is 6.95. The topological polar surface area (TPSA) is 56.1 Å². The number of carbonyl (C=O) groups is 1. The van der Waals surface area contributed by atoms with Crippen LogP contribution in [0.25, 0.3) is 6.08 Å². The van der Waals surface area contributed by atoms with Crippen LogP contribution >= 0.6 is 0 Å².